The number of ether oxygens (including phenoxy) is 1. The van der Waals surface area contributed by atoms with E-state index in [1.807, 2.05) is 42.3 Å². The molecule has 1 amide bonds. The van der Waals surface area contributed by atoms with Gasteiger partial charge < -0.3 is 14.5 Å². The van der Waals surface area contributed by atoms with Crippen LogP contribution in [-0.2, 0) is 6.54 Å². The van der Waals surface area contributed by atoms with Gasteiger partial charge in [0.05, 0.1) is 12.8 Å². The fraction of sp³-hybridized carbons (Fsp3) is 0.381. The number of nitrogens with one attached hydrogen (secondary N) is 1. The lowest BCUT2D eigenvalue weighted by molar-refractivity contribution is 0.0760. The molecule has 0 unspecified atom stereocenters. The first-order valence-electron chi connectivity index (χ1n) is 9.95. The van der Waals surface area contributed by atoms with Gasteiger partial charge in [-0.1, -0.05) is 0 Å². The van der Waals surface area contributed by atoms with E-state index >= 15 is 0 Å². The summed E-state index contributed by atoms with van der Waals surface area (Å²) in [6.45, 7) is 5.76. The smallest absolute Gasteiger partial charge is 0.274 e. The number of hydrogen-bond acceptors (Lipinski definition) is 5. The molecule has 3 heterocycles. The van der Waals surface area contributed by atoms with E-state index in [0.29, 0.717) is 12.2 Å². The number of aromatic amines is 1. The van der Waals surface area contributed by atoms with Gasteiger partial charge in [-0.15, -0.1) is 0 Å². The highest BCUT2D eigenvalue weighted by molar-refractivity contribution is 5.92. The second-order valence-electron chi connectivity index (χ2n) is 7.06. The van der Waals surface area contributed by atoms with Gasteiger partial charge in [-0.2, -0.15) is 10.2 Å². The minimum absolute atomic E-state index is 0.000000295. The van der Waals surface area contributed by atoms with Gasteiger partial charge in [0.2, 0.25) is 0 Å². The summed E-state index contributed by atoms with van der Waals surface area (Å²) in [5.41, 5.74) is 2.54. The molecule has 0 radical (unpaired) electrons. The molecule has 1 aliphatic rings. The number of benzene rings is 1. The van der Waals surface area contributed by atoms with Crippen molar-refractivity contribution in [1.82, 2.24) is 24.9 Å². The Kier molecular flexibility index (Phi) is 5.50. The van der Waals surface area contributed by atoms with E-state index in [4.69, 9.17) is 4.74 Å². The van der Waals surface area contributed by atoms with Crippen LogP contribution in [0, 0.1) is 0 Å². The fourth-order valence-corrected chi connectivity index (χ4v) is 3.56. The molecule has 3 aromatic rings. The Morgan fingerprint density at radius 2 is 1.97 bits per heavy atom. The zero-order valence-corrected chi connectivity index (χ0v) is 16.8. The van der Waals surface area contributed by atoms with Gasteiger partial charge in [0.25, 0.3) is 5.91 Å². The number of methoxy groups -OCH3 is 1. The van der Waals surface area contributed by atoms with Gasteiger partial charge >= 0.3 is 0 Å². The number of anilines is 1. The van der Waals surface area contributed by atoms with Crippen molar-refractivity contribution < 1.29 is 9.53 Å². The number of hydrogen-bond donors (Lipinski definition) is 1. The maximum atomic E-state index is 12.8. The van der Waals surface area contributed by atoms with Crippen LogP contribution >= 0.6 is 0 Å². The lowest BCUT2D eigenvalue weighted by Gasteiger charge is -2.21. The third kappa shape index (κ3) is 4.11. The Bertz CT molecular complexity index is 962. The van der Waals surface area contributed by atoms with Crippen molar-refractivity contribution in [3.05, 3.63) is 48.3 Å². The van der Waals surface area contributed by atoms with Gasteiger partial charge in [-0.25, -0.2) is 0 Å². The van der Waals surface area contributed by atoms with E-state index in [1.165, 1.54) is 0 Å². The molecule has 1 N–H and O–H groups in total. The number of H-pyrrole nitrogens is 1. The van der Waals surface area contributed by atoms with Crippen LogP contribution in [0.25, 0.3) is 11.3 Å². The Morgan fingerprint density at radius 3 is 2.69 bits per heavy atom. The van der Waals surface area contributed by atoms with Crippen molar-refractivity contribution in [2.45, 2.75) is 19.9 Å². The van der Waals surface area contributed by atoms with Crippen molar-refractivity contribution >= 4 is 11.7 Å². The van der Waals surface area contributed by atoms with E-state index in [1.54, 1.807) is 17.9 Å². The van der Waals surface area contributed by atoms with E-state index in [9.17, 15) is 4.79 Å². The van der Waals surface area contributed by atoms with E-state index in [-0.39, 0.29) is 5.91 Å². The van der Waals surface area contributed by atoms with Crippen molar-refractivity contribution in [2.24, 2.45) is 0 Å². The summed E-state index contributed by atoms with van der Waals surface area (Å²) in [6, 6.07) is 11.7. The number of aromatic nitrogens is 4. The molecule has 2 aromatic heterocycles. The normalized spacial score (nSPS) is 14.7. The molecule has 0 aliphatic carbocycles. The first-order valence-corrected chi connectivity index (χ1v) is 9.95. The monoisotopic (exact) mass is 394 g/mol. The summed E-state index contributed by atoms with van der Waals surface area (Å²) >= 11 is 0. The number of carbonyl (C=O) groups excluding carboxylic acids is 1. The summed E-state index contributed by atoms with van der Waals surface area (Å²) < 4.78 is 7.00. The minimum Gasteiger partial charge on any atom is -0.497 e. The molecule has 0 saturated carbocycles. The van der Waals surface area contributed by atoms with Crippen molar-refractivity contribution in [2.75, 3.05) is 38.2 Å². The highest BCUT2D eigenvalue weighted by Crippen LogP contribution is 2.24. The predicted molar refractivity (Wildman–Crippen MR) is 111 cm³/mol. The second kappa shape index (κ2) is 8.38. The molecule has 0 atom stereocenters. The van der Waals surface area contributed by atoms with Gasteiger partial charge in [0, 0.05) is 45.0 Å². The van der Waals surface area contributed by atoms with Crippen LogP contribution in [-0.4, -0.2) is 64.1 Å². The Balaban J connectivity index is 1.42. The minimum atomic E-state index is -0.000000295. The molecule has 0 bridgehead atoms. The van der Waals surface area contributed by atoms with Crippen molar-refractivity contribution in [3.8, 4) is 17.0 Å². The zero-order valence-electron chi connectivity index (χ0n) is 16.8. The number of amides is 1. The molecule has 1 saturated heterocycles. The molecular weight excluding hydrogens is 368 g/mol. The highest BCUT2D eigenvalue weighted by atomic mass is 16.5. The van der Waals surface area contributed by atoms with Crippen LogP contribution in [0.15, 0.2) is 42.6 Å². The lowest BCUT2D eigenvalue weighted by Crippen LogP contribution is -2.35. The number of nitrogens with zero attached hydrogens (tertiary/aromatic N) is 5. The molecular formula is C21H26N6O2. The average molecular weight is 394 g/mol. The molecule has 0 spiro atoms. The van der Waals surface area contributed by atoms with E-state index in [0.717, 1.165) is 55.4 Å². The molecule has 29 heavy (non-hydrogen) atoms. The lowest BCUT2D eigenvalue weighted by atomic mass is 10.1. The first-order chi connectivity index (χ1) is 14.2. The van der Waals surface area contributed by atoms with E-state index in [2.05, 4.69) is 26.3 Å². The standard InChI is InChI=1S/C21H26N6O2/c1-3-27-12-9-18(24-27)21(28)26-11-4-10-25(13-14-26)20-15-19(22-23-20)16-5-7-17(29-2)8-6-16/h5-9,12,15H,3-4,10-11,13-14H2,1-2H3,(H,22,23). The molecule has 4 rings (SSSR count). The van der Waals surface area contributed by atoms with Crippen LogP contribution in [0.3, 0.4) is 0 Å². The Hall–Kier alpha value is -3.29. The summed E-state index contributed by atoms with van der Waals surface area (Å²) in [4.78, 5) is 16.9. The highest BCUT2D eigenvalue weighted by Gasteiger charge is 2.23. The summed E-state index contributed by atoms with van der Waals surface area (Å²) in [5.74, 6) is 1.73. The fourth-order valence-electron chi connectivity index (χ4n) is 3.56. The second-order valence-corrected chi connectivity index (χ2v) is 7.06. The van der Waals surface area contributed by atoms with Crippen LogP contribution in [0.4, 0.5) is 5.82 Å². The van der Waals surface area contributed by atoms with Crippen LogP contribution in [0.1, 0.15) is 23.8 Å². The molecule has 1 aromatic carbocycles. The summed E-state index contributed by atoms with van der Waals surface area (Å²) in [7, 11) is 1.66. The first kappa shape index (κ1) is 19.0. The molecule has 8 heteroatoms. The molecule has 8 nitrogen and oxygen atoms in total. The average Bonchev–Trinajstić information content (AvgIpc) is 3.38. The largest absolute Gasteiger partial charge is 0.497 e. The number of carbonyl (C=O) groups is 1. The van der Waals surface area contributed by atoms with Crippen LogP contribution < -0.4 is 9.64 Å². The quantitative estimate of drug-likeness (QED) is 0.720. The molecule has 1 aliphatic heterocycles. The summed E-state index contributed by atoms with van der Waals surface area (Å²) in [6.07, 6.45) is 2.74. The molecule has 1 fully saturated rings. The van der Waals surface area contributed by atoms with E-state index < -0.39 is 0 Å². The van der Waals surface area contributed by atoms with Gasteiger partial charge in [-0.3, -0.25) is 14.6 Å². The number of rotatable bonds is 5. The summed E-state index contributed by atoms with van der Waals surface area (Å²) in [5, 5.41) is 12.0. The van der Waals surface area contributed by atoms with Gasteiger partial charge in [0.1, 0.15) is 11.4 Å². The maximum absolute atomic E-state index is 12.8. The SMILES string of the molecule is CCn1ccc(C(=O)N2CCCN(c3cc(-c4ccc(OC)cc4)[nH]n3)CC2)n1. The number of aryl methyl sites for hydroxylation is 1. The van der Waals surface area contributed by atoms with Gasteiger partial charge in [0.15, 0.2) is 5.82 Å². The molecule has 152 valence electrons. The van der Waals surface area contributed by atoms with Crippen molar-refractivity contribution in [1.29, 1.82) is 0 Å². The van der Waals surface area contributed by atoms with Gasteiger partial charge in [-0.05, 0) is 49.2 Å². The predicted octanol–water partition coefficient (Wildman–Crippen LogP) is 2.65. The third-order valence-electron chi connectivity index (χ3n) is 5.26. The topological polar surface area (TPSA) is 79.3 Å². The third-order valence-corrected chi connectivity index (χ3v) is 5.26. The van der Waals surface area contributed by atoms with Crippen LogP contribution in [0.5, 0.6) is 5.75 Å². The zero-order chi connectivity index (χ0) is 20.2. The van der Waals surface area contributed by atoms with Crippen LogP contribution in [0.2, 0.25) is 0 Å². The van der Waals surface area contributed by atoms with Crippen molar-refractivity contribution in [3.63, 3.8) is 0 Å². The Morgan fingerprint density at radius 1 is 1.14 bits per heavy atom. The Labute approximate surface area is 170 Å². The maximum Gasteiger partial charge on any atom is 0.274 e.